The molecule has 1 aromatic carbocycles. The predicted molar refractivity (Wildman–Crippen MR) is 87.8 cm³/mol. The van der Waals surface area contributed by atoms with Gasteiger partial charge < -0.3 is 25.1 Å². The molecule has 10 nitrogen and oxygen atoms in total. The Balaban J connectivity index is 0.000000609. The molecule has 0 saturated heterocycles. The number of carboxylic acids is 1. The number of hydrogen-bond donors (Lipinski definition) is 2. The first-order chi connectivity index (χ1) is 11.5. The topological polar surface area (TPSA) is 151 Å². The summed E-state index contributed by atoms with van der Waals surface area (Å²) in [5.74, 6) is -0.632. The molecule has 0 aromatic heterocycles. The molecule has 0 atom stereocenters. The number of hydrogen-bond acceptors (Lipinski definition) is 7. The van der Waals surface area contributed by atoms with E-state index in [-0.39, 0.29) is 24.5 Å². The summed E-state index contributed by atoms with van der Waals surface area (Å²) >= 11 is 0. The lowest BCUT2D eigenvalue weighted by molar-refractivity contribution is -0.385. The number of carboxylic acid groups (broad SMARTS) is 1. The molecule has 1 aromatic rings. The fraction of sp³-hybridized carbons (Fsp3) is 0.467. The van der Waals surface area contributed by atoms with E-state index in [4.69, 9.17) is 20.3 Å². The molecule has 0 aliphatic rings. The lowest BCUT2D eigenvalue weighted by Crippen LogP contribution is -2.27. The molecule has 140 valence electrons. The van der Waals surface area contributed by atoms with E-state index < -0.39 is 22.6 Å². The Morgan fingerprint density at radius 3 is 2.28 bits per heavy atom. The summed E-state index contributed by atoms with van der Waals surface area (Å²) in [5, 5.41) is 19.1. The number of methoxy groups -OCH3 is 1. The molecule has 0 radical (unpaired) electrons. The van der Waals surface area contributed by atoms with E-state index in [1.165, 1.54) is 25.3 Å². The van der Waals surface area contributed by atoms with E-state index >= 15 is 0 Å². The number of nitro benzene ring substituents is 1. The molecule has 0 aliphatic heterocycles. The number of carbonyl (C=O) groups is 2. The Morgan fingerprint density at radius 1 is 1.32 bits per heavy atom. The van der Waals surface area contributed by atoms with Crippen molar-refractivity contribution in [2.45, 2.75) is 32.8 Å². The number of rotatable bonds is 6. The maximum absolute atomic E-state index is 10.7. The summed E-state index contributed by atoms with van der Waals surface area (Å²) in [6.45, 7) is 5.15. The van der Waals surface area contributed by atoms with Gasteiger partial charge in [-0.3, -0.25) is 14.9 Å². The molecule has 0 heterocycles. The first kappa shape index (κ1) is 22.0. The van der Waals surface area contributed by atoms with Crippen LogP contribution >= 0.6 is 0 Å². The summed E-state index contributed by atoms with van der Waals surface area (Å²) in [4.78, 5) is 30.4. The van der Waals surface area contributed by atoms with Crippen LogP contribution in [0.15, 0.2) is 18.2 Å². The Kier molecular flexibility index (Phi) is 8.75. The number of carbonyl (C=O) groups excluding carboxylic acids is 1. The van der Waals surface area contributed by atoms with Crippen LogP contribution in [0.2, 0.25) is 0 Å². The second kappa shape index (κ2) is 9.96. The lowest BCUT2D eigenvalue weighted by Gasteiger charge is -2.16. The van der Waals surface area contributed by atoms with Crippen molar-refractivity contribution in [3.63, 3.8) is 0 Å². The number of ether oxygens (including phenoxy) is 3. The predicted octanol–water partition coefficient (Wildman–Crippen LogP) is 2.34. The van der Waals surface area contributed by atoms with Gasteiger partial charge in [-0.25, -0.2) is 4.79 Å². The van der Waals surface area contributed by atoms with E-state index in [0.717, 1.165) is 0 Å². The van der Waals surface area contributed by atoms with Crippen LogP contribution in [-0.2, 0) is 9.53 Å². The molecule has 0 bridgehead atoms. The molecule has 10 heteroatoms. The van der Waals surface area contributed by atoms with Gasteiger partial charge in [0.15, 0.2) is 0 Å². The Hall–Kier alpha value is -3.04. The van der Waals surface area contributed by atoms with Crippen molar-refractivity contribution in [2.75, 3.05) is 13.7 Å². The van der Waals surface area contributed by atoms with Crippen LogP contribution < -0.4 is 15.2 Å². The number of primary amides is 1. The number of aliphatic carboxylic acids is 1. The maximum Gasteiger partial charge on any atom is 0.405 e. The SMILES string of the molecule is CC(C)(C)OC(N)=O.COc1ccc([N+](=O)[O-])c(OCCC(=O)O)c1. The standard InChI is InChI=1S/C10H11NO6.C5H11NO2/c1-16-7-2-3-8(11(14)15)9(6-7)17-5-4-10(12)13;1-5(2,3)8-4(6)7/h2-3,6H,4-5H2,1H3,(H,12,13);1-3H3,(H2,6,7). The van der Waals surface area contributed by atoms with Crippen LogP contribution in [-0.4, -0.2) is 41.4 Å². The molecular formula is C15H22N2O8. The maximum atomic E-state index is 10.7. The largest absolute Gasteiger partial charge is 0.497 e. The summed E-state index contributed by atoms with van der Waals surface area (Å²) in [6.07, 6.45) is -0.952. The zero-order valence-corrected chi connectivity index (χ0v) is 14.5. The average molecular weight is 358 g/mol. The minimum Gasteiger partial charge on any atom is -0.497 e. The highest BCUT2D eigenvalue weighted by molar-refractivity contribution is 5.66. The molecule has 0 fully saturated rings. The number of nitrogens with zero attached hydrogens (tertiary/aromatic N) is 1. The Bertz CT molecular complexity index is 610. The quantitative estimate of drug-likeness (QED) is 0.580. The second-order valence-electron chi connectivity index (χ2n) is 5.62. The highest BCUT2D eigenvalue weighted by Gasteiger charge is 2.16. The van der Waals surface area contributed by atoms with Crippen molar-refractivity contribution in [1.82, 2.24) is 0 Å². The number of nitrogens with two attached hydrogens (primary N) is 1. The van der Waals surface area contributed by atoms with E-state index in [9.17, 15) is 19.7 Å². The third kappa shape index (κ3) is 10.4. The summed E-state index contributed by atoms with van der Waals surface area (Å²) in [7, 11) is 1.42. The van der Waals surface area contributed by atoms with Gasteiger partial charge >= 0.3 is 17.7 Å². The normalized spacial score (nSPS) is 10.1. The molecule has 0 aliphatic carbocycles. The van der Waals surface area contributed by atoms with Crippen LogP contribution in [0.5, 0.6) is 11.5 Å². The molecular weight excluding hydrogens is 336 g/mol. The smallest absolute Gasteiger partial charge is 0.405 e. The zero-order valence-electron chi connectivity index (χ0n) is 14.5. The van der Waals surface area contributed by atoms with Crippen LogP contribution in [0.25, 0.3) is 0 Å². The van der Waals surface area contributed by atoms with Crippen LogP contribution in [0.1, 0.15) is 27.2 Å². The van der Waals surface area contributed by atoms with Gasteiger partial charge in [-0.2, -0.15) is 0 Å². The van der Waals surface area contributed by atoms with Crippen molar-refractivity contribution in [1.29, 1.82) is 0 Å². The molecule has 0 spiro atoms. The van der Waals surface area contributed by atoms with Gasteiger partial charge in [-0.15, -0.1) is 0 Å². The van der Waals surface area contributed by atoms with Crippen molar-refractivity contribution in [3.8, 4) is 11.5 Å². The first-order valence-corrected chi connectivity index (χ1v) is 7.11. The zero-order chi connectivity index (χ0) is 19.6. The van der Waals surface area contributed by atoms with Gasteiger partial charge in [-0.05, 0) is 26.8 Å². The monoisotopic (exact) mass is 358 g/mol. The third-order valence-corrected chi connectivity index (χ3v) is 2.34. The van der Waals surface area contributed by atoms with Gasteiger partial charge in [0.25, 0.3) is 0 Å². The van der Waals surface area contributed by atoms with Crippen molar-refractivity contribution < 1.29 is 33.8 Å². The van der Waals surface area contributed by atoms with Crippen LogP contribution in [0, 0.1) is 10.1 Å². The minimum absolute atomic E-state index is 0.00407. The molecule has 1 rings (SSSR count). The van der Waals surface area contributed by atoms with Crippen molar-refractivity contribution in [3.05, 3.63) is 28.3 Å². The number of amides is 1. The molecule has 25 heavy (non-hydrogen) atoms. The third-order valence-electron chi connectivity index (χ3n) is 2.34. The molecule has 3 N–H and O–H groups in total. The van der Waals surface area contributed by atoms with Gasteiger partial charge in [-0.1, -0.05) is 0 Å². The fourth-order valence-corrected chi connectivity index (χ4v) is 1.44. The van der Waals surface area contributed by atoms with E-state index in [2.05, 4.69) is 4.74 Å². The summed E-state index contributed by atoms with van der Waals surface area (Å²) in [5.41, 5.74) is 4.04. The van der Waals surface area contributed by atoms with Crippen LogP contribution in [0.3, 0.4) is 0 Å². The van der Waals surface area contributed by atoms with Gasteiger partial charge in [0.1, 0.15) is 11.4 Å². The highest BCUT2D eigenvalue weighted by Crippen LogP contribution is 2.31. The van der Waals surface area contributed by atoms with Crippen LogP contribution in [0.4, 0.5) is 10.5 Å². The fourth-order valence-electron chi connectivity index (χ4n) is 1.44. The van der Waals surface area contributed by atoms with Gasteiger partial charge in [0, 0.05) is 12.1 Å². The summed E-state index contributed by atoms with van der Waals surface area (Å²) in [6, 6.07) is 4.02. The van der Waals surface area contributed by atoms with Gasteiger partial charge in [0.2, 0.25) is 5.75 Å². The average Bonchev–Trinajstić information content (AvgIpc) is 2.44. The Morgan fingerprint density at radius 2 is 1.92 bits per heavy atom. The van der Waals surface area contributed by atoms with E-state index in [0.29, 0.717) is 5.75 Å². The molecule has 1 amide bonds. The second-order valence-corrected chi connectivity index (χ2v) is 5.62. The molecule has 0 saturated carbocycles. The highest BCUT2D eigenvalue weighted by atomic mass is 16.6. The first-order valence-electron chi connectivity index (χ1n) is 7.11. The molecule has 0 unspecified atom stereocenters. The van der Waals surface area contributed by atoms with E-state index in [1.807, 2.05) is 0 Å². The van der Waals surface area contributed by atoms with Crippen molar-refractivity contribution in [2.24, 2.45) is 5.73 Å². The minimum atomic E-state index is -1.03. The van der Waals surface area contributed by atoms with Gasteiger partial charge in [0.05, 0.1) is 25.1 Å². The van der Waals surface area contributed by atoms with E-state index in [1.54, 1.807) is 20.8 Å². The number of benzene rings is 1. The number of nitro groups is 1. The lowest BCUT2D eigenvalue weighted by atomic mass is 10.2. The van der Waals surface area contributed by atoms with Crippen molar-refractivity contribution >= 4 is 17.7 Å². The Labute approximate surface area is 144 Å². The summed E-state index contributed by atoms with van der Waals surface area (Å²) < 4.78 is 14.5.